The van der Waals surface area contributed by atoms with Gasteiger partial charge in [-0.2, -0.15) is 0 Å². The summed E-state index contributed by atoms with van der Waals surface area (Å²) < 4.78 is 24.0. The Morgan fingerprint density at radius 3 is 2.79 bits per heavy atom. The summed E-state index contributed by atoms with van der Waals surface area (Å²) in [6.45, 7) is -2.31. The SMILES string of the molecule is O=C([O-])c1c(OC2CN(C(=O)C[C@@H]3C[C@H](F)CN3)C2)ccc2c1O[B-](O)(O)CC2. The number of likely N-dealkylation sites (tertiary alicyclic amines) is 1. The molecule has 0 bridgehead atoms. The van der Waals surface area contributed by atoms with Gasteiger partial charge in [-0.05, 0) is 24.5 Å². The van der Waals surface area contributed by atoms with E-state index in [1.165, 1.54) is 6.07 Å². The number of carbonyl (C=O) groups is 2. The van der Waals surface area contributed by atoms with Gasteiger partial charge >= 0.3 is 6.75 Å². The number of ether oxygens (including phenoxy) is 1. The number of nitrogens with one attached hydrogen (secondary N) is 1. The number of fused-ring (bicyclic) bond motifs is 1. The van der Waals surface area contributed by atoms with E-state index in [1.807, 2.05) is 0 Å². The van der Waals surface area contributed by atoms with E-state index < -0.39 is 25.0 Å². The first-order chi connectivity index (χ1) is 13.7. The van der Waals surface area contributed by atoms with Crippen molar-refractivity contribution >= 4 is 18.6 Å². The minimum atomic E-state index is -3.13. The number of amides is 1. The smallest absolute Gasteiger partial charge is 0.430 e. The van der Waals surface area contributed by atoms with Crippen LogP contribution in [0.15, 0.2) is 12.1 Å². The average Bonchev–Trinajstić information content (AvgIpc) is 3.00. The van der Waals surface area contributed by atoms with Crippen LogP contribution in [0.3, 0.4) is 0 Å². The number of hydrogen-bond donors (Lipinski definition) is 3. The Bertz CT molecular complexity index is 831. The highest BCUT2D eigenvalue weighted by Crippen LogP contribution is 2.38. The average molecular weight is 408 g/mol. The summed E-state index contributed by atoms with van der Waals surface area (Å²) >= 11 is 0. The predicted octanol–water partition coefficient (Wildman–Crippen LogP) is -1.41. The maximum atomic E-state index is 13.2. The number of carboxylic acids is 1. The summed E-state index contributed by atoms with van der Waals surface area (Å²) in [4.78, 5) is 25.5. The molecule has 3 N–H and O–H groups in total. The molecule has 4 rings (SSSR count). The number of carboxylic acid groups (broad SMARTS) is 1. The summed E-state index contributed by atoms with van der Waals surface area (Å²) in [6.07, 6.45) is -0.582. The highest BCUT2D eigenvalue weighted by molar-refractivity contribution is 6.59. The maximum absolute atomic E-state index is 13.2. The molecule has 0 saturated carbocycles. The summed E-state index contributed by atoms with van der Waals surface area (Å²) in [5, 5.41) is 34.1. The standard InChI is InChI=1S/C18H23BFN2O7/c20-11-5-12(21-7-11)6-15(23)22-8-13(9-22)28-14-2-1-10-3-4-19(26,27)29-17(10)16(14)18(24)25/h1-2,11-13,21,26-27H,3-9H2,(H,24,25)/q-1/p-1/t11-,12-/m0/s1. The summed E-state index contributed by atoms with van der Waals surface area (Å²) in [6, 6.07) is 2.93. The highest BCUT2D eigenvalue weighted by atomic mass is 19.1. The third kappa shape index (κ3) is 4.17. The topological polar surface area (TPSA) is 131 Å². The third-order valence-corrected chi connectivity index (χ3v) is 5.59. The van der Waals surface area contributed by atoms with Crippen LogP contribution in [0.2, 0.25) is 6.32 Å². The number of aryl methyl sites for hydroxylation is 1. The quantitative estimate of drug-likeness (QED) is 0.507. The normalized spacial score (nSPS) is 25.7. The van der Waals surface area contributed by atoms with Gasteiger partial charge in [0.15, 0.2) is 0 Å². The Balaban J connectivity index is 1.39. The van der Waals surface area contributed by atoms with Gasteiger partial charge in [0.25, 0.3) is 0 Å². The second kappa shape index (κ2) is 7.47. The van der Waals surface area contributed by atoms with Crippen molar-refractivity contribution in [2.75, 3.05) is 19.6 Å². The molecule has 2 fully saturated rings. The van der Waals surface area contributed by atoms with Crippen molar-refractivity contribution in [2.45, 2.75) is 43.9 Å². The van der Waals surface area contributed by atoms with Crippen molar-refractivity contribution < 1.29 is 38.5 Å². The van der Waals surface area contributed by atoms with Gasteiger partial charge in [-0.3, -0.25) is 4.79 Å². The van der Waals surface area contributed by atoms with E-state index in [9.17, 15) is 29.1 Å². The van der Waals surface area contributed by atoms with Crippen LogP contribution in [-0.4, -0.2) is 71.5 Å². The molecule has 1 aromatic carbocycles. The molecule has 0 aliphatic carbocycles. The van der Waals surface area contributed by atoms with Crippen LogP contribution in [0.1, 0.15) is 28.8 Å². The van der Waals surface area contributed by atoms with Gasteiger partial charge < -0.3 is 39.6 Å². The fraction of sp³-hybridized carbons (Fsp3) is 0.556. The van der Waals surface area contributed by atoms with Crippen molar-refractivity contribution in [3.63, 3.8) is 0 Å². The molecule has 29 heavy (non-hydrogen) atoms. The molecule has 0 unspecified atom stereocenters. The molecule has 3 heterocycles. The lowest BCUT2D eigenvalue weighted by atomic mass is 9.70. The number of rotatable bonds is 5. The number of benzene rings is 1. The van der Waals surface area contributed by atoms with Crippen molar-refractivity contribution in [3.8, 4) is 11.5 Å². The first kappa shape index (κ1) is 19.9. The minimum absolute atomic E-state index is 0.00733. The summed E-state index contributed by atoms with van der Waals surface area (Å²) in [5.74, 6) is -1.82. The molecule has 2 saturated heterocycles. The van der Waals surface area contributed by atoms with Crippen molar-refractivity contribution in [2.24, 2.45) is 0 Å². The van der Waals surface area contributed by atoms with Crippen LogP contribution in [0.5, 0.6) is 11.5 Å². The minimum Gasteiger partial charge on any atom is -0.669 e. The van der Waals surface area contributed by atoms with E-state index in [4.69, 9.17) is 9.39 Å². The molecule has 1 amide bonds. The molecule has 11 heteroatoms. The molecule has 0 aromatic heterocycles. The number of nitrogens with zero attached hydrogens (tertiary/aromatic N) is 1. The van der Waals surface area contributed by atoms with E-state index in [-0.39, 0.29) is 67.8 Å². The van der Waals surface area contributed by atoms with E-state index in [1.54, 1.807) is 11.0 Å². The van der Waals surface area contributed by atoms with Crippen molar-refractivity contribution in [1.29, 1.82) is 0 Å². The van der Waals surface area contributed by atoms with E-state index in [0.717, 1.165) is 0 Å². The first-order valence-corrected chi connectivity index (χ1v) is 9.70. The predicted molar refractivity (Wildman–Crippen MR) is 97.0 cm³/mol. The highest BCUT2D eigenvalue weighted by Gasteiger charge is 2.36. The zero-order chi connectivity index (χ0) is 20.8. The van der Waals surface area contributed by atoms with Crippen molar-refractivity contribution in [3.05, 3.63) is 23.3 Å². The Morgan fingerprint density at radius 1 is 1.38 bits per heavy atom. The fourth-order valence-electron chi connectivity index (χ4n) is 3.98. The monoisotopic (exact) mass is 408 g/mol. The molecule has 1 aromatic rings. The zero-order valence-corrected chi connectivity index (χ0v) is 15.7. The van der Waals surface area contributed by atoms with Crippen molar-refractivity contribution in [1.82, 2.24) is 10.2 Å². The van der Waals surface area contributed by atoms with Crippen LogP contribution in [0.25, 0.3) is 0 Å². The molecule has 3 aliphatic heterocycles. The summed E-state index contributed by atoms with van der Waals surface area (Å²) in [7, 11) is 0. The number of aromatic carboxylic acids is 1. The van der Waals surface area contributed by atoms with Crippen LogP contribution in [-0.2, 0) is 11.2 Å². The number of alkyl halides is 1. The lowest BCUT2D eigenvalue weighted by Crippen LogP contribution is -2.57. The lowest BCUT2D eigenvalue weighted by Gasteiger charge is -2.41. The molecular weight excluding hydrogens is 386 g/mol. The Hall–Kier alpha value is -2.37. The second-order valence-corrected chi connectivity index (χ2v) is 7.91. The number of carbonyl (C=O) groups excluding carboxylic acids is 2. The van der Waals surface area contributed by atoms with E-state index >= 15 is 0 Å². The van der Waals surface area contributed by atoms with E-state index in [2.05, 4.69) is 5.32 Å². The lowest BCUT2D eigenvalue weighted by molar-refractivity contribution is -0.255. The fourth-order valence-corrected chi connectivity index (χ4v) is 3.98. The third-order valence-electron chi connectivity index (χ3n) is 5.59. The Morgan fingerprint density at radius 2 is 2.14 bits per heavy atom. The molecular formula is C18H22BFN2O7-2. The molecule has 3 aliphatic rings. The first-order valence-electron chi connectivity index (χ1n) is 9.70. The largest absolute Gasteiger partial charge is 0.669 e. The van der Waals surface area contributed by atoms with Crippen LogP contribution in [0, 0.1) is 0 Å². The van der Waals surface area contributed by atoms with Gasteiger partial charge in [-0.1, -0.05) is 12.4 Å². The molecule has 158 valence electrons. The summed E-state index contributed by atoms with van der Waals surface area (Å²) in [5.41, 5.74) is 0.156. The molecule has 0 spiro atoms. The zero-order valence-electron chi connectivity index (χ0n) is 15.7. The number of hydrogen-bond acceptors (Lipinski definition) is 8. The van der Waals surface area contributed by atoms with Gasteiger partial charge in [0, 0.05) is 19.0 Å². The van der Waals surface area contributed by atoms with Crippen LogP contribution in [0.4, 0.5) is 4.39 Å². The van der Waals surface area contributed by atoms with Crippen LogP contribution < -0.4 is 19.8 Å². The Kier molecular flexibility index (Phi) is 5.13. The van der Waals surface area contributed by atoms with Gasteiger partial charge in [0.1, 0.15) is 18.0 Å². The molecule has 0 radical (unpaired) electrons. The van der Waals surface area contributed by atoms with Gasteiger partial charge in [0.2, 0.25) is 5.91 Å². The van der Waals surface area contributed by atoms with E-state index in [0.29, 0.717) is 12.0 Å². The van der Waals surface area contributed by atoms with Gasteiger partial charge in [-0.25, -0.2) is 4.39 Å². The molecule has 2 atom stereocenters. The van der Waals surface area contributed by atoms with Gasteiger partial charge in [-0.15, -0.1) is 0 Å². The van der Waals surface area contributed by atoms with Gasteiger partial charge in [0.05, 0.1) is 30.4 Å². The Labute approximate surface area is 166 Å². The molecule has 9 nitrogen and oxygen atoms in total. The number of halogens is 1. The second-order valence-electron chi connectivity index (χ2n) is 7.91. The maximum Gasteiger partial charge on any atom is 0.430 e. The van der Waals surface area contributed by atoms with Crippen LogP contribution >= 0.6 is 0 Å².